The molecule has 0 unspecified atom stereocenters. The van der Waals surface area contributed by atoms with Gasteiger partial charge >= 0.3 is 0 Å². The summed E-state index contributed by atoms with van der Waals surface area (Å²) in [7, 11) is 0. The molecule has 0 atom stereocenters. The van der Waals surface area contributed by atoms with E-state index in [1.807, 2.05) is 0 Å². The average Bonchev–Trinajstić information content (AvgIpc) is 2.40. The number of nitrogens with one attached hydrogen (secondary N) is 1. The second kappa shape index (κ2) is 10.8. The van der Waals surface area contributed by atoms with Gasteiger partial charge in [0.05, 0.1) is 0 Å². The van der Waals surface area contributed by atoms with Crippen molar-refractivity contribution in [3.63, 3.8) is 0 Å². The predicted octanol–water partition coefficient (Wildman–Crippen LogP) is 3.67. The average molecular weight is 254 g/mol. The Morgan fingerprint density at radius 2 is 1.67 bits per heavy atom. The van der Waals surface area contributed by atoms with Crippen molar-refractivity contribution >= 4 is 0 Å². The Labute approximate surface area is 115 Å². The second-order valence-corrected chi connectivity index (χ2v) is 5.90. The molecule has 0 aromatic rings. The zero-order chi connectivity index (χ0) is 13.1. The highest BCUT2D eigenvalue weighted by atomic mass is 15.1. The molecule has 0 saturated carbocycles. The summed E-state index contributed by atoms with van der Waals surface area (Å²) in [5.74, 6) is 0.938. The number of piperidine rings is 1. The molecule has 1 rings (SSSR count). The van der Waals surface area contributed by atoms with Gasteiger partial charge in [-0.05, 0) is 64.3 Å². The molecular formula is C16H34N2. The zero-order valence-electron chi connectivity index (χ0n) is 12.7. The number of nitrogens with zero attached hydrogens (tertiary/aromatic N) is 1. The number of unbranched alkanes of at least 4 members (excludes halogenated alkanes) is 4. The maximum atomic E-state index is 3.57. The van der Waals surface area contributed by atoms with Gasteiger partial charge < -0.3 is 10.2 Å². The minimum atomic E-state index is 0.938. The summed E-state index contributed by atoms with van der Waals surface area (Å²) in [4.78, 5) is 2.68. The van der Waals surface area contributed by atoms with E-state index < -0.39 is 0 Å². The van der Waals surface area contributed by atoms with Crippen LogP contribution in [0.15, 0.2) is 0 Å². The van der Waals surface area contributed by atoms with Crippen LogP contribution in [-0.4, -0.2) is 37.6 Å². The molecule has 1 heterocycles. The van der Waals surface area contributed by atoms with Crippen LogP contribution in [0.2, 0.25) is 0 Å². The molecule has 18 heavy (non-hydrogen) atoms. The first kappa shape index (κ1) is 16.0. The van der Waals surface area contributed by atoms with Crippen molar-refractivity contribution in [2.24, 2.45) is 5.92 Å². The van der Waals surface area contributed by atoms with Crippen molar-refractivity contribution in [2.75, 3.05) is 32.7 Å². The first-order valence-corrected chi connectivity index (χ1v) is 8.29. The number of likely N-dealkylation sites (tertiary alicyclic amines) is 1. The van der Waals surface area contributed by atoms with Gasteiger partial charge in [0, 0.05) is 0 Å². The summed E-state index contributed by atoms with van der Waals surface area (Å²) < 4.78 is 0. The number of hydrogen-bond acceptors (Lipinski definition) is 2. The zero-order valence-corrected chi connectivity index (χ0v) is 12.7. The Bertz CT molecular complexity index is 174. The molecule has 0 aromatic heterocycles. The van der Waals surface area contributed by atoms with Crippen molar-refractivity contribution in [1.82, 2.24) is 10.2 Å². The topological polar surface area (TPSA) is 15.3 Å². The van der Waals surface area contributed by atoms with E-state index in [9.17, 15) is 0 Å². The fourth-order valence-corrected chi connectivity index (χ4v) is 2.84. The first-order chi connectivity index (χ1) is 8.86. The summed E-state index contributed by atoms with van der Waals surface area (Å²) >= 11 is 0. The third-order valence-electron chi connectivity index (χ3n) is 4.14. The minimum Gasteiger partial charge on any atom is -0.316 e. The van der Waals surface area contributed by atoms with Crippen molar-refractivity contribution < 1.29 is 0 Å². The van der Waals surface area contributed by atoms with E-state index in [-0.39, 0.29) is 0 Å². The van der Waals surface area contributed by atoms with Crippen LogP contribution in [0.1, 0.15) is 65.2 Å². The Morgan fingerprint density at radius 1 is 0.944 bits per heavy atom. The Balaban J connectivity index is 1.94. The first-order valence-electron chi connectivity index (χ1n) is 8.29. The summed E-state index contributed by atoms with van der Waals surface area (Å²) in [6.07, 6.45) is 11.1. The van der Waals surface area contributed by atoms with Gasteiger partial charge in [0.25, 0.3) is 0 Å². The lowest BCUT2D eigenvalue weighted by molar-refractivity contribution is 0.179. The van der Waals surface area contributed by atoms with Crippen LogP contribution in [0.25, 0.3) is 0 Å². The van der Waals surface area contributed by atoms with E-state index >= 15 is 0 Å². The highest BCUT2D eigenvalue weighted by Crippen LogP contribution is 2.17. The van der Waals surface area contributed by atoms with E-state index in [1.165, 1.54) is 84.1 Å². The van der Waals surface area contributed by atoms with Crippen molar-refractivity contribution in [2.45, 2.75) is 65.2 Å². The summed E-state index contributed by atoms with van der Waals surface area (Å²) in [5, 5.41) is 3.57. The maximum absolute atomic E-state index is 3.57. The van der Waals surface area contributed by atoms with Gasteiger partial charge in [0.1, 0.15) is 0 Å². The molecule has 1 saturated heterocycles. The SMILES string of the molecule is CCCCCCCN1CCC(CNCCC)CC1. The van der Waals surface area contributed by atoms with Crippen LogP contribution in [0.3, 0.4) is 0 Å². The molecule has 0 spiro atoms. The molecule has 1 N–H and O–H groups in total. The molecule has 0 bridgehead atoms. The van der Waals surface area contributed by atoms with Gasteiger partial charge in [0.2, 0.25) is 0 Å². The standard InChI is InChI=1S/C16H34N2/c1-3-5-6-7-8-12-18-13-9-16(10-14-18)15-17-11-4-2/h16-17H,3-15H2,1-2H3. The maximum Gasteiger partial charge on any atom is -0.00156 e. The molecular weight excluding hydrogens is 220 g/mol. The van der Waals surface area contributed by atoms with Gasteiger partial charge in [-0.1, -0.05) is 39.5 Å². The van der Waals surface area contributed by atoms with Gasteiger partial charge in [-0.25, -0.2) is 0 Å². The quantitative estimate of drug-likeness (QED) is 0.598. The van der Waals surface area contributed by atoms with Crippen LogP contribution in [0, 0.1) is 5.92 Å². The van der Waals surface area contributed by atoms with Crippen molar-refractivity contribution in [3.8, 4) is 0 Å². The second-order valence-electron chi connectivity index (χ2n) is 5.90. The lowest BCUT2D eigenvalue weighted by Crippen LogP contribution is -2.37. The van der Waals surface area contributed by atoms with Gasteiger partial charge in [-0.15, -0.1) is 0 Å². The lowest BCUT2D eigenvalue weighted by atomic mass is 9.96. The molecule has 0 radical (unpaired) electrons. The summed E-state index contributed by atoms with van der Waals surface area (Å²) in [5.41, 5.74) is 0. The van der Waals surface area contributed by atoms with Crippen LogP contribution >= 0.6 is 0 Å². The van der Waals surface area contributed by atoms with Crippen LogP contribution in [0.4, 0.5) is 0 Å². The van der Waals surface area contributed by atoms with Gasteiger partial charge in [-0.2, -0.15) is 0 Å². The van der Waals surface area contributed by atoms with Crippen LogP contribution in [-0.2, 0) is 0 Å². The van der Waals surface area contributed by atoms with Gasteiger partial charge in [-0.3, -0.25) is 0 Å². The van der Waals surface area contributed by atoms with Crippen molar-refractivity contribution in [3.05, 3.63) is 0 Å². The van der Waals surface area contributed by atoms with Crippen LogP contribution in [0.5, 0.6) is 0 Å². The minimum absolute atomic E-state index is 0.938. The molecule has 1 aliphatic rings. The monoisotopic (exact) mass is 254 g/mol. The third-order valence-corrected chi connectivity index (χ3v) is 4.14. The smallest absolute Gasteiger partial charge is 0.00156 e. The molecule has 108 valence electrons. The fraction of sp³-hybridized carbons (Fsp3) is 1.00. The Kier molecular flexibility index (Phi) is 9.59. The van der Waals surface area contributed by atoms with E-state index in [1.54, 1.807) is 0 Å². The van der Waals surface area contributed by atoms with E-state index in [0.717, 1.165) is 5.92 Å². The molecule has 2 heteroatoms. The molecule has 1 aliphatic heterocycles. The predicted molar refractivity (Wildman–Crippen MR) is 81.1 cm³/mol. The van der Waals surface area contributed by atoms with Gasteiger partial charge in [0.15, 0.2) is 0 Å². The summed E-state index contributed by atoms with van der Waals surface area (Å²) in [6.45, 7) is 11.0. The fourth-order valence-electron chi connectivity index (χ4n) is 2.84. The third kappa shape index (κ3) is 7.38. The highest BCUT2D eigenvalue weighted by molar-refractivity contribution is 4.73. The Morgan fingerprint density at radius 3 is 2.33 bits per heavy atom. The highest BCUT2D eigenvalue weighted by Gasteiger charge is 2.17. The van der Waals surface area contributed by atoms with E-state index in [2.05, 4.69) is 24.1 Å². The molecule has 2 nitrogen and oxygen atoms in total. The number of hydrogen-bond donors (Lipinski definition) is 1. The largest absolute Gasteiger partial charge is 0.316 e. The van der Waals surface area contributed by atoms with E-state index in [4.69, 9.17) is 0 Å². The normalized spacial score (nSPS) is 18.3. The molecule has 0 aliphatic carbocycles. The molecule has 0 aromatic carbocycles. The van der Waals surface area contributed by atoms with E-state index in [0.29, 0.717) is 0 Å². The van der Waals surface area contributed by atoms with Crippen LogP contribution < -0.4 is 5.32 Å². The Hall–Kier alpha value is -0.0800. The van der Waals surface area contributed by atoms with Crippen molar-refractivity contribution in [1.29, 1.82) is 0 Å². The molecule has 1 fully saturated rings. The molecule has 0 amide bonds. The summed E-state index contributed by atoms with van der Waals surface area (Å²) in [6, 6.07) is 0. The lowest BCUT2D eigenvalue weighted by Gasteiger charge is -2.32. The number of rotatable bonds is 10.